The van der Waals surface area contributed by atoms with Crippen LogP contribution >= 0.6 is 11.3 Å². The summed E-state index contributed by atoms with van der Waals surface area (Å²) in [5.41, 5.74) is 2.32. The Kier molecular flexibility index (Phi) is 3.30. The van der Waals surface area contributed by atoms with Crippen LogP contribution in [-0.4, -0.2) is 9.97 Å². The Labute approximate surface area is 110 Å². The highest BCUT2D eigenvalue weighted by molar-refractivity contribution is 7.09. The van der Waals surface area contributed by atoms with Crippen LogP contribution in [0.1, 0.15) is 10.6 Å². The van der Waals surface area contributed by atoms with Gasteiger partial charge >= 0.3 is 0 Å². The first-order chi connectivity index (χ1) is 8.93. The molecule has 0 amide bonds. The van der Waals surface area contributed by atoms with Crippen LogP contribution in [0, 0.1) is 0 Å². The summed E-state index contributed by atoms with van der Waals surface area (Å²) in [6.07, 6.45) is 3.70. The summed E-state index contributed by atoms with van der Waals surface area (Å²) in [5.74, 6) is 0. The van der Waals surface area contributed by atoms with Crippen molar-refractivity contribution in [2.45, 2.75) is 13.1 Å². The first kappa shape index (κ1) is 11.3. The molecule has 18 heavy (non-hydrogen) atoms. The van der Waals surface area contributed by atoms with E-state index in [2.05, 4.69) is 27.4 Å². The second kappa shape index (κ2) is 5.25. The van der Waals surface area contributed by atoms with Crippen molar-refractivity contribution >= 4 is 22.2 Å². The first-order valence-corrected chi connectivity index (χ1v) is 6.73. The van der Waals surface area contributed by atoms with Crippen molar-refractivity contribution in [1.29, 1.82) is 0 Å². The van der Waals surface area contributed by atoms with E-state index in [9.17, 15) is 0 Å². The minimum absolute atomic E-state index is 0.814. The SMILES string of the molecule is c1ccc2c(CNCc3nccs3)ccnc2c1. The third kappa shape index (κ3) is 2.39. The molecule has 0 atom stereocenters. The van der Waals surface area contributed by atoms with Crippen molar-refractivity contribution < 1.29 is 0 Å². The molecule has 0 radical (unpaired) electrons. The maximum atomic E-state index is 4.36. The molecule has 3 aromatic rings. The maximum absolute atomic E-state index is 4.36. The summed E-state index contributed by atoms with van der Waals surface area (Å²) < 4.78 is 0. The minimum Gasteiger partial charge on any atom is -0.306 e. The van der Waals surface area contributed by atoms with Gasteiger partial charge in [0.25, 0.3) is 0 Å². The van der Waals surface area contributed by atoms with Gasteiger partial charge in [-0.05, 0) is 17.7 Å². The third-order valence-corrected chi connectivity index (χ3v) is 3.59. The lowest BCUT2D eigenvalue weighted by molar-refractivity contribution is 0.692. The average molecular weight is 255 g/mol. The topological polar surface area (TPSA) is 37.8 Å². The van der Waals surface area contributed by atoms with Crippen LogP contribution in [0.2, 0.25) is 0 Å². The highest BCUT2D eigenvalue weighted by Crippen LogP contribution is 2.16. The van der Waals surface area contributed by atoms with E-state index in [0.717, 1.165) is 23.6 Å². The van der Waals surface area contributed by atoms with Gasteiger partial charge in [0, 0.05) is 36.2 Å². The number of thiazole rings is 1. The lowest BCUT2D eigenvalue weighted by Crippen LogP contribution is -2.12. The fraction of sp³-hybridized carbons (Fsp3) is 0.143. The smallest absolute Gasteiger partial charge is 0.106 e. The molecule has 3 rings (SSSR count). The minimum atomic E-state index is 0.814. The van der Waals surface area contributed by atoms with Gasteiger partial charge in [-0.1, -0.05) is 18.2 Å². The number of nitrogens with one attached hydrogen (secondary N) is 1. The molecule has 0 saturated heterocycles. The second-order valence-corrected chi connectivity index (χ2v) is 5.00. The Bertz CT molecular complexity index is 629. The number of rotatable bonds is 4. The number of benzene rings is 1. The van der Waals surface area contributed by atoms with Gasteiger partial charge < -0.3 is 5.32 Å². The van der Waals surface area contributed by atoms with Crippen LogP contribution in [0.15, 0.2) is 48.1 Å². The zero-order chi connectivity index (χ0) is 12.2. The number of para-hydroxylation sites is 1. The van der Waals surface area contributed by atoms with E-state index in [0.29, 0.717) is 0 Å². The van der Waals surface area contributed by atoms with E-state index in [1.807, 2.05) is 36.0 Å². The number of nitrogens with zero attached hydrogens (tertiary/aromatic N) is 2. The molecule has 0 fully saturated rings. The Balaban J connectivity index is 1.74. The molecule has 3 nitrogen and oxygen atoms in total. The van der Waals surface area contributed by atoms with Crippen LogP contribution < -0.4 is 5.32 Å². The molecular weight excluding hydrogens is 242 g/mol. The maximum Gasteiger partial charge on any atom is 0.106 e. The fourth-order valence-corrected chi connectivity index (χ4v) is 2.54. The van der Waals surface area contributed by atoms with Crippen LogP contribution in [0.5, 0.6) is 0 Å². The number of pyridine rings is 1. The first-order valence-electron chi connectivity index (χ1n) is 5.85. The highest BCUT2D eigenvalue weighted by Gasteiger charge is 2.01. The lowest BCUT2D eigenvalue weighted by atomic mass is 10.1. The van der Waals surface area contributed by atoms with E-state index < -0.39 is 0 Å². The molecule has 0 saturated carbocycles. The van der Waals surface area contributed by atoms with Crippen molar-refractivity contribution in [3.05, 3.63) is 58.7 Å². The van der Waals surface area contributed by atoms with Crippen molar-refractivity contribution in [3.8, 4) is 0 Å². The molecule has 0 aliphatic heterocycles. The second-order valence-electron chi connectivity index (χ2n) is 4.02. The molecule has 0 unspecified atom stereocenters. The van der Waals surface area contributed by atoms with E-state index in [1.165, 1.54) is 10.9 Å². The molecule has 1 aromatic carbocycles. The van der Waals surface area contributed by atoms with E-state index in [1.54, 1.807) is 11.3 Å². The zero-order valence-corrected chi connectivity index (χ0v) is 10.7. The largest absolute Gasteiger partial charge is 0.306 e. The number of fused-ring (bicyclic) bond motifs is 1. The summed E-state index contributed by atoms with van der Waals surface area (Å²) in [4.78, 5) is 8.62. The fourth-order valence-electron chi connectivity index (χ4n) is 1.95. The predicted octanol–water partition coefficient (Wildman–Crippen LogP) is 2.98. The quantitative estimate of drug-likeness (QED) is 0.779. The normalized spacial score (nSPS) is 10.9. The van der Waals surface area contributed by atoms with Gasteiger partial charge in [-0.15, -0.1) is 11.3 Å². The zero-order valence-electron chi connectivity index (χ0n) is 9.84. The van der Waals surface area contributed by atoms with E-state index in [-0.39, 0.29) is 0 Å². The standard InChI is InChI=1S/C14H13N3S/c1-2-4-13-12(3-1)11(5-6-16-13)9-15-10-14-17-7-8-18-14/h1-8,15H,9-10H2. The molecule has 0 aliphatic rings. The molecule has 1 N–H and O–H groups in total. The molecule has 0 spiro atoms. The summed E-state index contributed by atoms with van der Waals surface area (Å²) in [7, 11) is 0. The van der Waals surface area contributed by atoms with Gasteiger partial charge in [-0.25, -0.2) is 4.98 Å². The van der Waals surface area contributed by atoms with Crippen LogP contribution in [0.4, 0.5) is 0 Å². The molecule has 0 bridgehead atoms. The number of hydrogen-bond donors (Lipinski definition) is 1. The molecule has 2 aromatic heterocycles. The Hall–Kier alpha value is -1.78. The van der Waals surface area contributed by atoms with Crippen molar-refractivity contribution in [3.63, 3.8) is 0 Å². The summed E-state index contributed by atoms with van der Waals surface area (Å²) >= 11 is 1.68. The third-order valence-electron chi connectivity index (χ3n) is 2.81. The number of hydrogen-bond acceptors (Lipinski definition) is 4. The molecule has 2 heterocycles. The van der Waals surface area contributed by atoms with Crippen molar-refractivity contribution in [2.75, 3.05) is 0 Å². The molecule has 4 heteroatoms. The average Bonchev–Trinajstić information content (AvgIpc) is 2.92. The Morgan fingerprint density at radius 3 is 2.83 bits per heavy atom. The van der Waals surface area contributed by atoms with Crippen molar-refractivity contribution in [2.24, 2.45) is 0 Å². The van der Waals surface area contributed by atoms with Gasteiger partial charge in [-0.3, -0.25) is 4.98 Å². The Morgan fingerprint density at radius 1 is 1.00 bits per heavy atom. The predicted molar refractivity (Wildman–Crippen MR) is 74.4 cm³/mol. The van der Waals surface area contributed by atoms with E-state index >= 15 is 0 Å². The van der Waals surface area contributed by atoms with Gasteiger partial charge in [0.15, 0.2) is 0 Å². The van der Waals surface area contributed by atoms with Crippen LogP contribution in [0.3, 0.4) is 0 Å². The molecule has 0 aliphatic carbocycles. The van der Waals surface area contributed by atoms with Crippen molar-refractivity contribution in [1.82, 2.24) is 15.3 Å². The summed E-state index contributed by atoms with van der Waals surface area (Å²) in [6, 6.07) is 10.3. The number of aromatic nitrogens is 2. The molecular formula is C14H13N3S. The highest BCUT2D eigenvalue weighted by atomic mass is 32.1. The summed E-state index contributed by atoms with van der Waals surface area (Å²) in [5, 5.41) is 7.75. The van der Waals surface area contributed by atoms with E-state index in [4.69, 9.17) is 0 Å². The monoisotopic (exact) mass is 255 g/mol. The van der Waals surface area contributed by atoms with Crippen LogP contribution in [-0.2, 0) is 13.1 Å². The summed E-state index contributed by atoms with van der Waals surface area (Å²) in [6.45, 7) is 1.65. The lowest BCUT2D eigenvalue weighted by Gasteiger charge is -2.06. The Morgan fingerprint density at radius 2 is 1.94 bits per heavy atom. The van der Waals surface area contributed by atoms with Crippen LogP contribution in [0.25, 0.3) is 10.9 Å². The molecule has 90 valence electrons. The van der Waals surface area contributed by atoms with Gasteiger partial charge in [-0.2, -0.15) is 0 Å². The van der Waals surface area contributed by atoms with Gasteiger partial charge in [0.05, 0.1) is 5.52 Å². The van der Waals surface area contributed by atoms with Gasteiger partial charge in [0.2, 0.25) is 0 Å². The van der Waals surface area contributed by atoms with Gasteiger partial charge in [0.1, 0.15) is 5.01 Å².